The lowest BCUT2D eigenvalue weighted by atomic mass is 10.0. The van der Waals surface area contributed by atoms with Crippen LogP contribution in [0.25, 0.3) is 0 Å². The summed E-state index contributed by atoms with van der Waals surface area (Å²) in [6.07, 6.45) is 5.66. The molecule has 0 aliphatic rings. The monoisotopic (exact) mass is 198 g/mol. The molecule has 0 radical (unpaired) electrons. The van der Waals surface area contributed by atoms with Crippen molar-refractivity contribution in [3.8, 4) is 0 Å². The Kier molecular flexibility index (Phi) is 3.08. The first-order chi connectivity index (χ1) is 7.34. The minimum absolute atomic E-state index is 1.03. The molecule has 0 aliphatic carbocycles. The molecule has 1 heterocycles. The van der Waals surface area contributed by atoms with Crippen molar-refractivity contribution < 1.29 is 0 Å². The van der Waals surface area contributed by atoms with Crippen LogP contribution in [-0.4, -0.2) is 10.2 Å². The highest BCUT2D eigenvalue weighted by atomic mass is 15.1. The minimum Gasteiger partial charge on any atom is -0.159 e. The first kappa shape index (κ1) is 9.84. The summed E-state index contributed by atoms with van der Waals surface area (Å²) in [7, 11) is 0. The van der Waals surface area contributed by atoms with Gasteiger partial charge in [0.15, 0.2) is 0 Å². The van der Waals surface area contributed by atoms with Gasteiger partial charge in [0.25, 0.3) is 0 Å². The van der Waals surface area contributed by atoms with Crippen molar-refractivity contribution in [2.24, 2.45) is 0 Å². The summed E-state index contributed by atoms with van der Waals surface area (Å²) in [4.78, 5) is 0. The van der Waals surface area contributed by atoms with Gasteiger partial charge >= 0.3 is 0 Å². The number of aromatic nitrogens is 2. The fourth-order valence-corrected chi connectivity index (χ4v) is 1.62. The van der Waals surface area contributed by atoms with Gasteiger partial charge < -0.3 is 0 Å². The summed E-state index contributed by atoms with van der Waals surface area (Å²) in [5.41, 5.74) is 3.94. The number of rotatable bonds is 3. The zero-order valence-electron chi connectivity index (χ0n) is 8.85. The van der Waals surface area contributed by atoms with E-state index in [1.54, 1.807) is 6.20 Å². The molecule has 0 fully saturated rings. The molecule has 0 bridgehead atoms. The molecule has 2 heteroatoms. The third kappa shape index (κ3) is 2.88. The van der Waals surface area contributed by atoms with Gasteiger partial charge in [0.2, 0.25) is 0 Å². The Morgan fingerprint density at radius 1 is 1.00 bits per heavy atom. The SMILES string of the molecule is Cc1cccc(CCc2ccnnc2)c1. The van der Waals surface area contributed by atoms with Gasteiger partial charge in [0.1, 0.15) is 0 Å². The number of hydrogen-bond acceptors (Lipinski definition) is 2. The Bertz CT molecular complexity index is 424. The second-order valence-corrected chi connectivity index (χ2v) is 3.74. The van der Waals surface area contributed by atoms with Crippen LogP contribution in [0, 0.1) is 6.92 Å². The van der Waals surface area contributed by atoms with E-state index in [0.29, 0.717) is 0 Å². The predicted molar refractivity (Wildman–Crippen MR) is 60.6 cm³/mol. The molecule has 15 heavy (non-hydrogen) atoms. The molecular formula is C13H14N2. The van der Waals surface area contributed by atoms with Crippen molar-refractivity contribution in [3.05, 3.63) is 59.4 Å². The second-order valence-electron chi connectivity index (χ2n) is 3.74. The molecule has 0 unspecified atom stereocenters. The van der Waals surface area contributed by atoms with Crippen LogP contribution in [0.1, 0.15) is 16.7 Å². The van der Waals surface area contributed by atoms with Gasteiger partial charge in [-0.2, -0.15) is 10.2 Å². The Morgan fingerprint density at radius 2 is 1.87 bits per heavy atom. The second kappa shape index (κ2) is 4.69. The normalized spacial score (nSPS) is 10.2. The Morgan fingerprint density at radius 3 is 2.60 bits per heavy atom. The van der Waals surface area contributed by atoms with Gasteiger partial charge in [-0.25, -0.2) is 0 Å². The van der Waals surface area contributed by atoms with Crippen molar-refractivity contribution in [3.63, 3.8) is 0 Å². The molecule has 76 valence electrons. The summed E-state index contributed by atoms with van der Waals surface area (Å²) in [6.45, 7) is 2.12. The zero-order chi connectivity index (χ0) is 10.5. The summed E-state index contributed by atoms with van der Waals surface area (Å²) in [5.74, 6) is 0. The Hall–Kier alpha value is -1.70. The van der Waals surface area contributed by atoms with Crippen LogP contribution in [0.5, 0.6) is 0 Å². The largest absolute Gasteiger partial charge is 0.159 e. The van der Waals surface area contributed by atoms with Gasteiger partial charge in [0, 0.05) is 6.20 Å². The van der Waals surface area contributed by atoms with E-state index in [0.717, 1.165) is 12.8 Å². The van der Waals surface area contributed by atoms with Gasteiger partial charge in [-0.15, -0.1) is 0 Å². The van der Waals surface area contributed by atoms with E-state index >= 15 is 0 Å². The quantitative estimate of drug-likeness (QED) is 0.757. The van der Waals surface area contributed by atoms with Crippen molar-refractivity contribution in [1.82, 2.24) is 10.2 Å². The van der Waals surface area contributed by atoms with E-state index in [9.17, 15) is 0 Å². The van der Waals surface area contributed by atoms with Crippen molar-refractivity contribution in [1.29, 1.82) is 0 Å². The highest BCUT2D eigenvalue weighted by molar-refractivity contribution is 5.23. The first-order valence-electron chi connectivity index (χ1n) is 5.16. The molecular weight excluding hydrogens is 184 g/mol. The molecule has 0 amide bonds. The van der Waals surface area contributed by atoms with Gasteiger partial charge in [-0.3, -0.25) is 0 Å². The van der Waals surface area contributed by atoms with Crippen LogP contribution in [0.3, 0.4) is 0 Å². The fraction of sp³-hybridized carbons (Fsp3) is 0.231. The highest BCUT2D eigenvalue weighted by Crippen LogP contribution is 2.07. The fourth-order valence-electron chi connectivity index (χ4n) is 1.62. The molecule has 1 aromatic carbocycles. The molecule has 2 rings (SSSR count). The van der Waals surface area contributed by atoms with Crippen LogP contribution in [-0.2, 0) is 12.8 Å². The third-order valence-corrected chi connectivity index (χ3v) is 2.43. The number of benzene rings is 1. The molecule has 0 saturated carbocycles. The van der Waals surface area contributed by atoms with E-state index in [1.165, 1.54) is 16.7 Å². The molecule has 2 nitrogen and oxygen atoms in total. The number of aryl methyl sites for hydroxylation is 3. The summed E-state index contributed by atoms with van der Waals surface area (Å²) >= 11 is 0. The lowest BCUT2D eigenvalue weighted by molar-refractivity contribution is 0.917. The molecule has 0 aliphatic heterocycles. The molecule has 0 spiro atoms. The van der Waals surface area contributed by atoms with Crippen LogP contribution >= 0.6 is 0 Å². The summed E-state index contributed by atoms with van der Waals surface area (Å²) in [5, 5.41) is 7.63. The maximum Gasteiger partial charge on any atom is 0.0528 e. The van der Waals surface area contributed by atoms with Gasteiger partial charge in [-0.05, 0) is 37.0 Å². The van der Waals surface area contributed by atoms with E-state index < -0.39 is 0 Å². The van der Waals surface area contributed by atoms with Crippen LogP contribution in [0.2, 0.25) is 0 Å². The lowest BCUT2D eigenvalue weighted by Gasteiger charge is -2.02. The van der Waals surface area contributed by atoms with Crippen LogP contribution in [0.15, 0.2) is 42.7 Å². The predicted octanol–water partition coefficient (Wildman–Crippen LogP) is 2.57. The average Bonchev–Trinajstić information content (AvgIpc) is 2.28. The van der Waals surface area contributed by atoms with E-state index in [4.69, 9.17) is 0 Å². The molecule has 0 saturated heterocycles. The van der Waals surface area contributed by atoms with Gasteiger partial charge in [-0.1, -0.05) is 29.8 Å². The first-order valence-corrected chi connectivity index (χ1v) is 5.16. The van der Waals surface area contributed by atoms with E-state index in [2.05, 4.69) is 41.4 Å². The van der Waals surface area contributed by atoms with Crippen molar-refractivity contribution >= 4 is 0 Å². The van der Waals surface area contributed by atoms with E-state index in [-0.39, 0.29) is 0 Å². The lowest BCUT2D eigenvalue weighted by Crippen LogP contribution is -1.93. The smallest absolute Gasteiger partial charge is 0.0528 e. The van der Waals surface area contributed by atoms with Gasteiger partial charge in [0.05, 0.1) is 6.20 Å². The number of nitrogens with zero attached hydrogens (tertiary/aromatic N) is 2. The van der Waals surface area contributed by atoms with Crippen LogP contribution < -0.4 is 0 Å². The Balaban J connectivity index is 1.99. The van der Waals surface area contributed by atoms with Crippen LogP contribution in [0.4, 0.5) is 0 Å². The Labute approximate surface area is 90.0 Å². The minimum atomic E-state index is 1.03. The molecule has 2 aromatic rings. The topological polar surface area (TPSA) is 25.8 Å². The summed E-state index contributed by atoms with van der Waals surface area (Å²) in [6, 6.07) is 10.6. The maximum absolute atomic E-state index is 3.86. The van der Waals surface area contributed by atoms with Crippen molar-refractivity contribution in [2.75, 3.05) is 0 Å². The third-order valence-electron chi connectivity index (χ3n) is 2.43. The zero-order valence-corrected chi connectivity index (χ0v) is 8.85. The van der Waals surface area contributed by atoms with Crippen molar-refractivity contribution in [2.45, 2.75) is 19.8 Å². The molecule has 0 atom stereocenters. The summed E-state index contributed by atoms with van der Waals surface area (Å²) < 4.78 is 0. The molecule has 0 N–H and O–H groups in total. The number of hydrogen-bond donors (Lipinski definition) is 0. The highest BCUT2D eigenvalue weighted by Gasteiger charge is 1.96. The van der Waals surface area contributed by atoms with E-state index in [1.807, 2.05) is 12.3 Å². The standard InChI is InChI=1S/C13H14N2/c1-11-3-2-4-12(9-11)5-6-13-7-8-14-15-10-13/h2-4,7-10H,5-6H2,1H3. The average molecular weight is 198 g/mol. The maximum atomic E-state index is 3.86. The molecule has 1 aromatic heterocycles.